The Kier molecular flexibility index (Phi) is 10.9. The molecule has 0 bridgehead atoms. The molecule has 0 N–H and O–H groups in total. The van der Waals surface area contributed by atoms with Gasteiger partial charge in [-0.15, -0.1) is 26.3 Å². The lowest BCUT2D eigenvalue weighted by Gasteiger charge is -2.43. The summed E-state index contributed by atoms with van der Waals surface area (Å²) in [6, 6.07) is 24.3. The van der Waals surface area contributed by atoms with Gasteiger partial charge in [0.05, 0.1) is 6.10 Å². The van der Waals surface area contributed by atoms with Gasteiger partial charge < -0.3 is 4.74 Å². The smallest absolute Gasteiger partial charge is 0.405 e. The maximum atomic E-state index is 13.8. The van der Waals surface area contributed by atoms with Gasteiger partial charge in [0.25, 0.3) is 0 Å². The van der Waals surface area contributed by atoms with Crippen LogP contribution in [-0.2, 0) is 4.74 Å². The third-order valence-corrected chi connectivity index (χ3v) is 12.1. The SMILES string of the molecule is CCCCN(P(C1=CC=CC(C)C1OC(F)(F)F)c1ccccc1)P(c1ccccc1)c1ccccc1OC(F)(F)F. The molecular weight excluding hydrogens is 594 g/mol. The van der Waals surface area contributed by atoms with Crippen molar-refractivity contribution in [1.82, 2.24) is 4.44 Å². The van der Waals surface area contributed by atoms with Crippen LogP contribution in [0.15, 0.2) is 108 Å². The predicted octanol–water partition coefficient (Wildman–Crippen LogP) is 8.75. The van der Waals surface area contributed by atoms with Crippen molar-refractivity contribution in [3.63, 3.8) is 0 Å². The van der Waals surface area contributed by atoms with Crippen LogP contribution < -0.4 is 20.7 Å². The second kappa shape index (κ2) is 14.2. The van der Waals surface area contributed by atoms with E-state index in [1.807, 2.05) is 55.5 Å². The molecule has 0 heterocycles. The van der Waals surface area contributed by atoms with Gasteiger partial charge in [-0.2, -0.15) is 0 Å². The number of nitrogens with zero attached hydrogens (tertiary/aromatic N) is 1. The zero-order valence-corrected chi connectivity index (χ0v) is 24.8. The van der Waals surface area contributed by atoms with Crippen molar-refractivity contribution in [1.29, 1.82) is 0 Å². The molecule has 11 heteroatoms. The van der Waals surface area contributed by atoms with E-state index in [0.29, 0.717) is 23.6 Å². The van der Waals surface area contributed by atoms with Gasteiger partial charge in [0.15, 0.2) is 0 Å². The summed E-state index contributed by atoms with van der Waals surface area (Å²) in [7, 11) is -3.41. The normalized spacial score (nSPS) is 18.9. The number of alkyl halides is 6. The molecule has 224 valence electrons. The minimum absolute atomic E-state index is 0.323. The van der Waals surface area contributed by atoms with E-state index in [1.54, 1.807) is 49.4 Å². The van der Waals surface area contributed by atoms with Crippen LogP contribution in [0.1, 0.15) is 26.7 Å². The van der Waals surface area contributed by atoms with Crippen LogP contribution in [0.5, 0.6) is 5.75 Å². The number of halogens is 6. The van der Waals surface area contributed by atoms with Gasteiger partial charge >= 0.3 is 12.7 Å². The molecule has 0 spiro atoms. The zero-order valence-electron chi connectivity index (χ0n) is 23.0. The number of benzene rings is 3. The number of ether oxygens (including phenoxy) is 2. The van der Waals surface area contributed by atoms with E-state index in [9.17, 15) is 26.3 Å². The highest BCUT2D eigenvalue weighted by molar-refractivity contribution is 7.83. The quantitative estimate of drug-likeness (QED) is 0.157. The standard InChI is InChI=1S/C31H31F6NO2P2/c1-3-4-22-38(41(24-15-7-5-8-16-24)27-20-12-11-19-26(27)39-30(32,33)34)42(25-17-9-6-10-18-25)28-21-13-14-23(2)29(28)40-31(35,36)37/h5-21,23,29H,3-4,22H2,1-2H3. The van der Waals surface area contributed by atoms with E-state index in [1.165, 1.54) is 12.1 Å². The fourth-order valence-electron chi connectivity index (χ4n) is 4.68. The summed E-state index contributed by atoms with van der Waals surface area (Å²) in [4.78, 5) is 0. The second-order valence-electron chi connectivity index (χ2n) is 9.58. The van der Waals surface area contributed by atoms with Crippen LogP contribution >= 0.6 is 16.1 Å². The average Bonchev–Trinajstić information content (AvgIpc) is 2.94. The van der Waals surface area contributed by atoms with Crippen molar-refractivity contribution in [3.8, 4) is 5.75 Å². The Balaban J connectivity index is 1.98. The molecule has 0 aromatic heterocycles. The maximum Gasteiger partial charge on any atom is 0.573 e. The van der Waals surface area contributed by atoms with Crippen molar-refractivity contribution in [3.05, 3.63) is 108 Å². The minimum atomic E-state index is -4.93. The average molecular weight is 626 g/mol. The molecule has 0 saturated heterocycles. The van der Waals surface area contributed by atoms with Crippen LogP contribution in [0.25, 0.3) is 0 Å². The van der Waals surface area contributed by atoms with Crippen LogP contribution in [0.2, 0.25) is 0 Å². The first-order valence-corrected chi connectivity index (χ1v) is 16.0. The second-order valence-corrected chi connectivity index (χ2v) is 14.1. The van der Waals surface area contributed by atoms with Crippen LogP contribution in [0, 0.1) is 5.92 Å². The molecule has 4 rings (SSSR count). The summed E-state index contributed by atoms with van der Waals surface area (Å²) < 4.78 is 93.4. The van der Waals surface area contributed by atoms with E-state index < -0.39 is 40.9 Å². The lowest BCUT2D eigenvalue weighted by molar-refractivity contribution is -0.340. The highest BCUT2D eigenvalue weighted by Gasteiger charge is 2.43. The van der Waals surface area contributed by atoms with Gasteiger partial charge in [-0.3, -0.25) is 4.74 Å². The van der Waals surface area contributed by atoms with Gasteiger partial charge in [0.2, 0.25) is 0 Å². The Bertz CT molecular complexity index is 1350. The first-order chi connectivity index (χ1) is 20.0. The lowest BCUT2D eigenvalue weighted by atomic mass is 10.00. The highest BCUT2D eigenvalue weighted by atomic mass is 31.2. The number of hydrogen-bond acceptors (Lipinski definition) is 3. The minimum Gasteiger partial charge on any atom is -0.405 e. The molecule has 0 amide bonds. The van der Waals surface area contributed by atoms with Crippen molar-refractivity contribution in [2.24, 2.45) is 5.92 Å². The Morgan fingerprint density at radius 3 is 1.90 bits per heavy atom. The van der Waals surface area contributed by atoms with Crippen molar-refractivity contribution in [2.75, 3.05) is 6.54 Å². The van der Waals surface area contributed by atoms with Crippen LogP contribution in [0.3, 0.4) is 0 Å². The molecule has 4 unspecified atom stereocenters. The monoisotopic (exact) mass is 625 g/mol. The van der Waals surface area contributed by atoms with Gasteiger partial charge in [0.1, 0.15) is 5.75 Å². The van der Waals surface area contributed by atoms with E-state index in [-0.39, 0.29) is 5.75 Å². The van der Waals surface area contributed by atoms with Crippen LogP contribution in [0.4, 0.5) is 26.3 Å². The van der Waals surface area contributed by atoms with E-state index in [2.05, 4.69) is 9.18 Å². The molecule has 42 heavy (non-hydrogen) atoms. The molecule has 0 fully saturated rings. The van der Waals surface area contributed by atoms with Gasteiger partial charge in [0, 0.05) is 39.2 Å². The molecule has 0 radical (unpaired) electrons. The summed E-state index contributed by atoms with van der Waals surface area (Å²) >= 11 is 0. The molecule has 0 aliphatic heterocycles. The van der Waals surface area contributed by atoms with Gasteiger partial charge in [-0.1, -0.05) is 111 Å². The number of rotatable bonds is 11. The van der Waals surface area contributed by atoms with Gasteiger partial charge in [-0.25, -0.2) is 4.44 Å². The maximum absolute atomic E-state index is 13.8. The number of para-hydroxylation sites is 1. The van der Waals surface area contributed by atoms with Crippen LogP contribution in [-0.4, -0.2) is 29.8 Å². The Morgan fingerprint density at radius 1 is 0.762 bits per heavy atom. The van der Waals surface area contributed by atoms with E-state index in [0.717, 1.165) is 17.0 Å². The zero-order chi connectivity index (χ0) is 30.3. The summed E-state index contributed by atoms with van der Waals surface area (Å²) in [5.74, 6) is -0.921. The first kappa shape index (κ1) is 32.2. The number of hydrogen-bond donors (Lipinski definition) is 0. The van der Waals surface area contributed by atoms with Crippen molar-refractivity contribution < 1.29 is 35.8 Å². The van der Waals surface area contributed by atoms with E-state index in [4.69, 9.17) is 4.74 Å². The van der Waals surface area contributed by atoms with Gasteiger partial charge in [-0.05, 0) is 29.2 Å². The summed E-state index contributed by atoms with van der Waals surface area (Å²) in [5, 5.41) is 2.28. The Hall–Kier alpha value is -2.70. The van der Waals surface area contributed by atoms with Crippen molar-refractivity contribution >= 4 is 32.1 Å². The summed E-state index contributed by atoms with van der Waals surface area (Å²) in [6.45, 7) is 4.09. The molecule has 3 aromatic rings. The molecule has 3 aromatic carbocycles. The molecule has 4 atom stereocenters. The predicted molar refractivity (Wildman–Crippen MR) is 158 cm³/mol. The molecule has 0 saturated carbocycles. The molecule has 3 nitrogen and oxygen atoms in total. The molecular formula is C31H31F6NO2P2. The fraction of sp³-hybridized carbons (Fsp3) is 0.290. The topological polar surface area (TPSA) is 21.7 Å². The molecule has 1 aliphatic carbocycles. The van der Waals surface area contributed by atoms with E-state index >= 15 is 0 Å². The molecule has 1 aliphatic rings. The lowest BCUT2D eigenvalue weighted by Crippen LogP contribution is -2.36. The summed E-state index contributed by atoms with van der Waals surface area (Å²) in [6.07, 6.45) is -4.60. The Morgan fingerprint density at radius 2 is 1.33 bits per heavy atom. The largest absolute Gasteiger partial charge is 0.573 e. The fourth-order valence-corrected chi connectivity index (χ4v) is 11.1. The van der Waals surface area contributed by atoms with Crippen molar-refractivity contribution in [2.45, 2.75) is 45.5 Å². The third-order valence-electron chi connectivity index (χ3n) is 6.45. The Labute approximate surface area is 244 Å². The third kappa shape index (κ3) is 8.44. The first-order valence-electron chi connectivity index (χ1n) is 13.4. The number of allylic oxidation sites excluding steroid dienone is 2. The summed E-state index contributed by atoms with van der Waals surface area (Å²) in [5.41, 5.74) is 0. The highest BCUT2D eigenvalue weighted by Crippen LogP contribution is 2.62. The number of unbranched alkanes of at least 4 members (excludes halogenated alkanes) is 1.